The summed E-state index contributed by atoms with van der Waals surface area (Å²) in [6.07, 6.45) is 2.91. The molecule has 2 unspecified atom stereocenters. The van der Waals surface area contributed by atoms with Gasteiger partial charge in [0.15, 0.2) is 0 Å². The molecule has 1 aromatic rings. The van der Waals surface area contributed by atoms with Crippen LogP contribution in [0.5, 0.6) is 0 Å². The van der Waals surface area contributed by atoms with Crippen LogP contribution in [0.1, 0.15) is 24.8 Å². The van der Waals surface area contributed by atoms with Crippen LogP contribution in [0.3, 0.4) is 0 Å². The van der Waals surface area contributed by atoms with Crippen molar-refractivity contribution in [3.63, 3.8) is 0 Å². The van der Waals surface area contributed by atoms with Crippen molar-refractivity contribution in [2.24, 2.45) is 0 Å². The van der Waals surface area contributed by atoms with Gasteiger partial charge in [0.05, 0.1) is 12.1 Å². The second kappa shape index (κ2) is 4.54. The van der Waals surface area contributed by atoms with E-state index in [4.69, 9.17) is 0 Å². The lowest BCUT2D eigenvalue weighted by Crippen LogP contribution is -2.27. The quantitative estimate of drug-likeness (QED) is 0.865. The summed E-state index contributed by atoms with van der Waals surface area (Å²) in [7, 11) is 0. The van der Waals surface area contributed by atoms with E-state index in [-0.39, 0.29) is 12.1 Å². The number of benzene rings is 1. The summed E-state index contributed by atoms with van der Waals surface area (Å²) in [5, 5.41) is 13.1. The van der Waals surface area contributed by atoms with Crippen LogP contribution in [0.25, 0.3) is 0 Å². The van der Waals surface area contributed by atoms with E-state index in [0.717, 1.165) is 29.4 Å². The van der Waals surface area contributed by atoms with Gasteiger partial charge in [-0.1, -0.05) is 15.9 Å². The average molecular weight is 270 g/mol. The Morgan fingerprint density at radius 3 is 2.73 bits per heavy atom. The zero-order chi connectivity index (χ0) is 10.8. The summed E-state index contributed by atoms with van der Waals surface area (Å²) in [5.74, 6) is 0. The molecule has 82 valence electrons. The Bertz CT molecular complexity index is 333. The van der Waals surface area contributed by atoms with E-state index in [1.54, 1.807) is 0 Å². The van der Waals surface area contributed by atoms with E-state index in [2.05, 4.69) is 46.4 Å². The van der Waals surface area contributed by atoms with Crippen LogP contribution in [-0.4, -0.2) is 17.3 Å². The van der Waals surface area contributed by atoms with Crippen LogP contribution < -0.4 is 5.32 Å². The standard InChI is InChI=1S/C12H16BrNO/c1-8-5-9(13)7-10(6-8)14-11-3-2-4-12(11)15/h5-7,11-12,14-15H,2-4H2,1H3. The van der Waals surface area contributed by atoms with Gasteiger partial charge in [-0.25, -0.2) is 0 Å². The van der Waals surface area contributed by atoms with Gasteiger partial charge in [-0.05, 0) is 49.9 Å². The Morgan fingerprint density at radius 2 is 2.13 bits per heavy atom. The number of hydrogen-bond donors (Lipinski definition) is 2. The maximum absolute atomic E-state index is 9.71. The topological polar surface area (TPSA) is 32.3 Å². The molecule has 3 heteroatoms. The van der Waals surface area contributed by atoms with E-state index in [9.17, 15) is 5.11 Å². The Morgan fingerprint density at radius 1 is 1.33 bits per heavy atom. The second-order valence-electron chi connectivity index (χ2n) is 4.27. The number of aliphatic hydroxyl groups excluding tert-OH is 1. The van der Waals surface area contributed by atoms with E-state index in [0.29, 0.717) is 0 Å². The van der Waals surface area contributed by atoms with Gasteiger partial charge < -0.3 is 10.4 Å². The first-order valence-electron chi connectivity index (χ1n) is 5.37. The van der Waals surface area contributed by atoms with Crippen LogP contribution >= 0.6 is 15.9 Å². The molecule has 0 spiro atoms. The summed E-state index contributed by atoms with van der Waals surface area (Å²) in [6.45, 7) is 2.07. The monoisotopic (exact) mass is 269 g/mol. The van der Waals surface area contributed by atoms with Gasteiger partial charge in [0.1, 0.15) is 0 Å². The minimum Gasteiger partial charge on any atom is -0.391 e. The summed E-state index contributed by atoms with van der Waals surface area (Å²) < 4.78 is 1.08. The lowest BCUT2D eigenvalue weighted by molar-refractivity contribution is 0.172. The van der Waals surface area contributed by atoms with Crippen molar-refractivity contribution < 1.29 is 5.11 Å². The fourth-order valence-corrected chi connectivity index (χ4v) is 2.75. The number of halogens is 1. The van der Waals surface area contributed by atoms with Gasteiger partial charge in [0.25, 0.3) is 0 Å². The third-order valence-corrected chi connectivity index (χ3v) is 3.33. The van der Waals surface area contributed by atoms with Crippen LogP contribution in [0.2, 0.25) is 0 Å². The minimum atomic E-state index is -0.190. The SMILES string of the molecule is Cc1cc(Br)cc(NC2CCCC2O)c1. The second-order valence-corrected chi connectivity index (χ2v) is 5.18. The summed E-state index contributed by atoms with van der Waals surface area (Å²) in [4.78, 5) is 0. The van der Waals surface area contributed by atoms with Crippen molar-refractivity contribution in [1.29, 1.82) is 0 Å². The van der Waals surface area contributed by atoms with Gasteiger partial charge >= 0.3 is 0 Å². The van der Waals surface area contributed by atoms with Crippen LogP contribution in [-0.2, 0) is 0 Å². The molecule has 1 saturated carbocycles. The number of rotatable bonds is 2. The lowest BCUT2D eigenvalue weighted by atomic mass is 10.1. The third-order valence-electron chi connectivity index (χ3n) is 2.87. The highest BCUT2D eigenvalue weighted by atomic mass is 79.9. The number of anilines is 1. The molecule has 0 bridgehead atoms. The van der Waals surface area contributed by atoms with E-state index >= 15 is 0 Å². The maximum Gasteiger partial charge on any atom is 0.0741 e. The van der Waals surface area contributed by atoms with Gasteiger partial charge in [0, 0.05) is 10.2 Å². The molecule has 0 aliphatic heterocycles. The summed E-state index contributed by atoms with van der Waals surface area (Å²) in [6, 6.07) is 6.46. The average Bonchev–Trinajstić information content (AvgIpc) is 2.50. The molecule has 2 nitrogen and oxygen atoms in total. The van der Waals surface area contributed by atoms with E-state index in [1.807, 2.05) is 0 Å². The molecule has 0 amide bonds. The Kier molecular flexibility index (Phi) is 3.32. The van der Waals surface area contributed by atoms with Gasteiger partial charge in [0.2, 0.25) is 0 Å². The molecule has 15 heavy (non-hydrogen) atoms. The molecular formula is C12H16BrNO. The maximum atomic E-state index is 9.71. The molecule has 0 heterocycles. The molecule has 0 aromatic heterocycles. The fourth-order valence-electron chi connectivity index (χ4n) is 2.14. The molecule has 0 saturated heterocycles. The third kappa shape index (κ3) is 2.73. The predicted octanol–water partition coefficient (Wildman–Crippen LogP) is 3.08. The van der Waals surface area contributed by atoms with Crippen molar-refractivity contribution in [3.05, 3.63) is 28.2 Å². The molecule has 1 aliphatic carbocycles. The van der Waals surface area contributed by atoms with Gasteiger partial charge in [-0.2, -0.15) is 0 Å². The van der Waals surface area contributed by atoms with Crippen LogP contribution in [0, 0.1) is 6.92 Å². The Hall–Kier alpha value is -0.540. The minimum absolute atomic E-state index is 0.190. The van der Waals surface area contributed by atoms with E-state index in [1.165, 1.54) is 5.56 Å². The number of aryl methyl sites for hydroxylation is 1. The smallest absolute Gasteiger partial charge is 0.0741 e. The first kappa shape index (κ1) is 11.0. The highest BCUT2D eigenvalue weighted by molar-refractivity contribution is 9.10. The van der Waals surface area contributed by atoms with Gasteiger partial charge in [-0.15, -0.1) is 0 Å². The first-order chi connectivity index (χ1) is 7.15. The molecule has 1 aromatic carbocycles. The largest absolute Gasteiger partial charge is 0.391 e. The Balaban J connectivity index is 2.10. The first-order valence-corrected chi connectivity index (χ1v) is 6.16. The van der Waals surface area contributed by atoms with Crippen molar-refractivity contribution in [1.82, 2.24) is 0 Å². The summed E-state index contributed by atoms with van der Waals surface area (Å²) >= 11 is 3.47. The van der Waals surface area contributed by atoms with Gasteiger partial charge in [-0.3, -0.25) is 0 Å². The molecule has 2 atom stereocenters. The lowest BCUT2D eigenvalue weighted by Gasteiger charge is -2.18. The van der Waals surface area contributed by atoms with Crippen LogP contribution in [0.4, 0.5) is 5.69 Å². The zero-order valence-electron chi connectivity index (χ0n) is 8.83. The molecule has 0 radical (unpaired) electrons. The highest BCUT2D eigenvalue weighted by Crippen LogP contribution is 2.25. The molecular weight excluding hydrogens is 254 g/mol. The van der Waals surface area contributed by atoms with Crippen molar-refractivity contribution >= 4 is 21.6 Å². The highest BCUT2D eigenvalue weighted by Gasteiger charge is 2.24. The van der Waals surface area contributed by atoms with E-state index < -0.39 is 0 Å². The van der Waals surface area contributed by atoms with Crippen LogP contribution in [0.15, 0.2) is 22.7 Å². The summed E-state index contributed by atoms with van der Waals surface area (Å²) in [5.41, 5.74) is 2.31. The number of hydrogen-bond acceptors (Lipinski definition) is 2. The molecule has 1 fully saturated rings. The predicted molar refractivity (Wildman–Crippen MR) is 66.1 cm³/mol. The molecule has 1 aliphatic rings. The van der Waals surface area contributed by atoms with Crippen molar-refractivity contribution in [2.45, 2.75) is 38.3 Å². The molecule has 2 rings (SSSR count). The van der Waals surface area contributed by atoms with Crippen molar-refractivity contribution in [3.8, 4) is 0 Å². The zero-order valence-corrected chi connectivity index (χ0v) is 10.4. The number of aliphatic hydroxyl groups is 1. The normalized spacial score (nSPS) is 25.5. The number of nitrogens with one attached hydrogen (secondary N) is 1. The Labute approximate surface area is 98.8 Å². The fraction of sp³-hybridized carbons (Fsp3) is 0.500. The molecule has 2 N–H and O–H groups in total. The van der Waals surface area contributed by atoms with Crippen molar-refractivity contribution in [2.75, 3.05) is 5.32 Å².